The Morgan fingerprint density at radius 3 is 3.20 bits per heavy atom. The topological polar surface area (TPSA) is 75.4 Å². The molecule has 1 aliphatic rings. The van der Waals surface area contributed by atoms with E-state index in [0.717, 1.165) is 25.9 Å². The van der Waals surface area contributed by atoms with E-state index in [1.165, 1.54) is 12.5 Å². The predicted octanol–water partition coefficient (Wildman–Crippen LogP) is 0.915. The van der Waals surface area contributed by atoms with Gasteiger partial charge in [0, 0.05) is 12.5 Å². The molecular weight excluding hydrogens is 196 g/mol. The fraction of sp³-hybridized carbons (Fsp3) is 0.600. The number of hydrogen-bond donors (Lipinski definition) is 2. The smallest absolute Gasteiger partial charge is 0.358 e. The van der Waals surface area contributed by atoms with Crippen molar-refractivity contribution in [1.29, 1.82) is 0 Å². The molecule has 1 atom stereocenters. The first kappa shape index (κ1) is 10.2. The van der Waals surface area contributed by atoms with Crippen LogP contribution in [0.5, 0.6) is 0 Å². The molecule has 1 aliphatic heterocycles. The summed E-state index contributed by atoms with van der Waals surface area (Å²) in [5.74, 6) is 0.168. The summed E-state index contributed by atoms with van der Waals surface area (Å²) in [6, 6.07) is 1.51. The van der Waals surface area contributed by atoms with Gasteiger partial charge in [-0.3, -0.25) is 0 Å². The molecule has 0 spiro atoms. The van der Waals surface area contributed by atoms with E-state index in [9.17, 15) is 4.79 Å². The van der Waals surface area contributed by atoms with E-state index >= 15 is 0 Å². The van der Waals surface area contributed by atoms with Crippen LogP contribution in [0.2, 0.25) is 0 Å². The zero-order valence-corrected chi connectivity index (χ0v) is 8.40. The normalized spacial score (nSPS) is 21.5. The number of carboxylic acid groups (broad SMARTS) is 1. The number of piperidine rings is 1. The largest absolute Gasteiger partial charge is 0.476 e. The molecule has 1 aromatic rings. The SMILES string of the molecule is O=C(O)c1cc(CC2CCCNC2)on1. The number of hydrogen-bond acceptors (Lipinski definition) is 4. The Kier molecular flexibility index (Phi) is 3.01. The number of nitrogens with one attached hydrogen (secondary N) is 1. The van der Waals surface area contributed by atoms with Gasteiger partial charge in [-0.25, -0.2) is 4.79 Å². The van der Waals surface area contributed by atoms with Crippen molar-refractivity contribution in [3.8, 4) is 0 Å². The lowest BCUT2D eigenvalue weighted by Crippen LogP contribution is -2.30. The Hall–Kier alpha value is -1.36. The summed E-state index contributed by atoms with van der Waals surface area (Å²) in [6.07, 6.45) is 3.11. The molecule has 0 saturated carbocycles. The highest BCUT2D eigenvalue weighted by Gasteiger charge is 2.17. The first-order valence-corrected chi connectivity index (χ1v) is 5.15. The van der Waals surface area contributed by atoms with Crippen molar-refractivity contribution >= 4 is 5.97 Å². The Balaban J connectivity index is 1.94. The molecule has 0 amide bonds. The van der Waals surface area contributed by atoms with Crippen molar-refractivity contribution in [3.05, 3.63) is 17.5 Å². The van der Waals surface area contributed by atoms with Crippen molar-refractivity contribution in [1.82, 2.24) is 10.5 Å². The first-order valence-electron chi connectivity index (χ1n) is 5.15. The van der Waals surface area contributed by atoms with Crippen LogP contribution < -0.4 is 5.32 Å². The van der Waals surface area contributed by atoms with Crippen molar-refractivity contribution in [3.63, 3.8) is 0 Å². The van der Waals surface area contributed by atoms with Gasteiger partial charge in [0.05, 0.1) is 0 Å². The lowest BCUT2D eigenvalue weighted by molar-refractivity contribution is 0.0685. The lowest BCUT2D eigenvalue weighted by atomic mass is 9.95. The Labute approximate surface area is 87.5 Å². The van der Waals surface area contributed by atoms with Gasteiger partial charge in [0.15, 0.2) is 5.69 Å². The van der Waals surface area contributed by atoms with Crippen molar-refractivity contribution < 1.29 is 14.4 Å². The minimum atomic E-state index is -1.04. The van der Waals surface area contributed by atoms with Crippen LogP contribution in [0.1, 0.15) is 29.1 Å². The zero-order valence-electron chi connectivity index (χ0n) is 8.40. The molecule has 0 aliphatic carbocycles. The number of nitrogens with zero attached hydrogens (tertiary/aromatic N) is 1. The second-order valence-electron chi connectivity index (χ2n) is 3.90. The number of carboxylic acids is 1. The van der Waals surface area contributed by atoms with E-state index in [0.29, 0.717) is 11.7 Å². The van der Waals surface area contributed by atoms with Crippen molar-refractivity contribution in [2.75, 3.05) is 13.1 Å². The van der Waals surface area contributed by atoms with Gasteiger partial charge in [0.2, 0.25) is 0 Å². The first-order chi connectivity index (χ1) is 7.25. The molecule has 5 heteroatoms. The van der Waals surface area contributed by atoms with E-state index < -0.39 is 5.97 Å². The molecule has 1 aromatic heterocycles. The van der Waals surface area contributed by atoms with Gasteiger partial charge in [-0.2, -0.15) is 0 Å². The second kappa shape index (κ2) is 4.44. The molecule has 0 radical (unpaired) electrons. The molecule has 2 heterocycles. The molecule has 82 valence electrons. The molecule has 1 fully saturated rings. The van der Waals surface area contributed by atoms with Gasteiger partial charge < -0.3 is 14.9 Å². The van der Waals surface area contributed by atoms with Gasteiger partial charge >= 0.3 is 5.97 Å². The average Bonchev–Trinajstić information content (AvgIpc) is 2.68. The van der Waals surface area contributed by atoms with E-state index in [1.54, 1.807) is 0 Å². The second-order valence-corrected chi connectivity index (χ2v) is 3.90. The number of carbonyl (C=O) groups is 1. The van der Waals surface area contributed by atoms with Gasteiger partial charge in [0.1, 0.15) is 5.76 Å². The minimum absolute atomic E-state index is 0.00577. The van der Waals surface area contributed by atoms with Crippen LogP contribution >= 0.6 is 0 Å². The quantitative estimate of drug-likeness (QED) is 0.775. The number of aromatic nitrogens is 1. The van der Waals surface area contributed by atoms with E-state index in [2.05, 4.69) is 10.5 Å². The highest BCUT2D eigenvalue weighted by molar-refractivity contribution is 5.85. The molecule has 2 N–H and O–H groups in total. The number of aromatic carboxylic acids is 1. The highest BCUT2D eigenvalue weighted by atomic mass is 16.5. The third kappa shape index (κ3) is 2.56. The monoisotopic (exact) mass is 210 g/mol. The Morgan fingerprint density at radius 2 is 2.60 bits per heavy atom. The van der Waals surface area contributed by atoms with Crippen LogP contribution in [0.3, 0.4) is 0 Å². The zero-order chi connectivity index (χ0) is 10.7. The predicted molar refractivity (Wildman–Crippen MR) is 52.8 cm³/mol. The van der Waals surface area contributed by atoms with E-state index in [4.69, 9.17) is 9.63 Å². The molecule has 2 rings (SSSR count). The minimum Gasteiger partial charge on any atom is -0.476 e. The van der Waals surface area contributed by atoms with Crippen LogP contribution in [0.4, 0.5) is 0 Å². The third-order valence-electron chi connectivity index (χ3n) is 2.67. The standard InChI is InChI=1S/C10H14N2O3/c13-10(14)9-5-8(15-12-9)4-7-2-1-3-11-6-7/h5,7,11H,1-4,6H2,(H,13,14). The van der Waals surface area contributed by atoms with Gasteiger partial charge in [-0.15, -0.1) is 0 Å². The van der Waals surface area contributed by atoms with E-state index in [-0.39, 0.29) is 5.69 Å². The summed E-state index contributed by atoms with van der Waals surface area (Å²) in [6.45, 7) is 2.05. The van der Waals surface area contributed by atoms with Gasteiger partial charge in [0.25, 0.3) is 0 Å². The Bertz CT molecular complexity index is 342. The molecule has 0 aromatic carbocycles. The average molecular weight is 210 g/mol. The maximum Gasteiger partial charge on any atom is 0.358 e. The highest BCUT2D eigenvalue weighted by Crippen LogP contribution is 2.16. The molecule has 5 nitrogen and oxygen atoms in total. The van der Waals surface area contributed by atoms with Crippen LogP contribution in [-0.4, -0.2) is 29.3 Å². The van der Waals surface area contributed by atoms with Gasteiger partial charge in [-0.05, 0) is 31.8 Å². The van der Waals surface area contributed by atoms with Crippen molar-refractivity contribution in [2.24, 2.45) is 5.92 Å². The van der Waals surface area contributed by atoms with Crippen LogP contribution in [0, 0.1) is 5.92 Å². The summed E-state index contributed by atoms with van der Waals surface area (Å²) < 4.78 is 4.97. The third-order valence-corrected chi connectivity index (χ3v) is 2.67. The molecule has 0 bridgehead atoms. The van der Waals surface area contributed by atoms with Gasteiger partial charge in [-0.1, -0.05) is 5.16 Å². The van der Waals surface area contributed by atoms with Crippen LogP contribution in [-0.2, 0) is 6.42 Å². The maximum absolute atomic E-state index is 10.6. The summed E-state index contributed by atoms with van der Waals surface area (Å²) >= 11 is 0. The molecule has 1 saturated heterocycles. The summed E-state index contributed by atoms with van der Waals surface area (Å²) in [7, 11) is 0. The maximum atomic E-state index is 10.6. The summed E-state index contributed by atoms with van der Waals surface area (Å²) in [5.41, 5.74) is -0.00577. The molecule has 15 heavy (non-hydrogen) atoms. The lowest BCUT2D eigenvalue weighted by Gasteiger charge is -2.21. The number of rotatable bonds is 3. The van der Waals surface area contributed by atoms with Crippen LogP contribution in [0.15, 0.2) is 10.6 Å². The fourth-order valence-corrected chi connectivity index (χ4v) is 1.89. The van der Waals surface area contributed by atoms with E-state index in [1.807, 2.05) is 0 Å². The van der Waals surface area contributed by atoms with Crippen LogP contribution in [0.25, 0.3) is 0 Å². The van der Waals surface area contributed by atoms with Crippen molar-refractivity contribution in [2.45, 2.75) is 19.3 Å². The summed E-state index contributed by atoms with van der Waals surface area (Å²) in [5, 5.41) is 15.5. The molecular formula is C10H14N2O3. The summed E-state index contributed by atoms with van der Waals surface area (Å²) in [4.78, 5) is 10.6. The Morgan fingerprint density at radius 1 is 1.73 bits per heavy atom. The molecule has 1 unspecified atom stereocenters. The fourth-order valence-electron chi connectivity index (χ4n) is 1.89.